The first kappa shape index (κ1) is 16.6. The smallest absolute Gasteiger partial charge is 0.185 e. The number of ether oxygens (including phenoxy) is 1. The first-order valence-electron chi connectivity index (χ1n) is 6.89. The van der Waals surface area contributed by atoms with E-state index in [1.54, 1.807) is 24.3 Å². The zero-order valence-electron chi connectivity index (χ0n) is 12.6. The number of tetrazole rings is 1. The summed E-state index contributed by atoms with van der Waals surface area (Å²) in [6.45, 7) is 0. The number of hydrogen-bond acceptors (Lipinski definition) is 6. The number of aromatic nitrogens is 4. The van der Waals surface area contributed by atoms with Crippen molar-refractivity contribution in [1.29, 1.82) is 0 Å². The van der Waals surface area contributed by atoms with E-state index in [2.05, 4.69) is 31.5 Å². The Morgan fingerprint density at radius 3 is 2.38 bits per heavy atom. The van der Waals surface area contributed by atoms with Gasteiger partial charge in [-0.1, -0.05) is 15.9 Å². The highest BCUT2D eigenvalue weighted by molar-refractivity contribution is 9.10. The van der Waals surface area contributed by atoms with Crippen molar-refractivity contribution in [3.8, 4) is 11.4 Å². The third-order valence-electron chi connectivity index (χ3n) is 3.34. The van der Waals surface area contributed by atoms with Crippen LogP contribution in [0.3, 0.4) is 0 Å². The van der Waals surface area contributed by atoms with Gasteiger partial charge in [-0.25, -0.2) is 8.42 Å². The largest absolute Gasteiger partial charge is 0.497 e. The Labute approximate surface area is 147 Å². The summed E-state index contributed by atoms with van der Waals surface area (Å²) in [5, 5.41) is 11.3. The summed E-state index contributed by atoms with van der Waals surface area (Å²) in [4.78, 5) is 0.189. The molecular formula is C15H13BrN4O3S. The minimum absolute atomic E-state index is 0.189. The van der Waals surface area contributed by atoms with E-state index in [4.69, 9.17) is 4.74 Å². The second-order valence-corrected chi connectivity index (χ2v) is 7.82. The van der Waals surface area contributed by atoms with Crippen molar-refractivity contribution < 1.29 is 13.2 Å². The van der Waals surface area contributed by atoms with Crippen molar-refractivity contribution in [2.75, 3.05) is 7.11 Å². The zero-order valence-corrected chi connectivity index (χ0v) is 15.0. The maximum atomic E-state index is 12.6. The molecule has 0 fully saturated rings. The quantitative estimate of drug-likeness (QED) is 0.643. The molecule has 0 aliphatic carbocycles. The highest BCUT2D eigenvalue weighted by Crippen LogP contribution is 2.20. The van der Waals surface area contributed by atoms with Crippen LogP contribution in [0.25, 0.3) is 5.69 Å². The van der Waals surface area contributed by atoms with Gasteiger partial charge in [0, 0.05) is 4.47 Å². The molecule has 3 rings (SSSR count). The molecular weight excluding hydrogens is 396 g/mol. The summed E-state index contributed by atoms with van der Waals surface area (Å²) in [5.74, 6) is 0.532. The predicted octanol–water partition coefficient (Wildman–Crippen LogP) is 2.41. The molecule has 0 N–H and O–H groups in total. The molecule has 3 aromatic rings. The second-order valence-electron chi connectivity index (χ2n) is 4.92. The number of methoxy groups -OCH3 is 1. The topological polar surface area (TPSA) is 87.0 Å². The Kier molecular flexibility index (Phi) is 4.63. The molecule has 9 heteroatoms. The molecule has 0 radical (unpaired) electrons. The van der Waals surface area contributed by atoms with Crippen molar-refractivity contribution in [2.24, 2.45) is 0 Å². The van der Waals surface area contributed by atoms with Crippen LogP contribution >= 0.6 is 15.9 Å². The van der Waals surface area contributed by atoms with Crippen LogP contribution in [-0.2, 0) is 15.6 Å². The van der Waals surface area contributed by atoms with Crippen LogP contribution in [0.2, 0.25) is 0 Å². The molecule has 1 heterocycles. The molecule has 0 amide bonds. The Bertz CT molecular complexity index is 938. The number of halogens is 1. The fourth-order valence-electron chi connectivity index (χ4n) is 2.11. The SMILES string of the molecule is COc1ccc(S(=O)(=O)Cc2nnnn2-c2ccc(Br)cc2)cc1. The van der Waals surface area contributed by atoms with Gasteiger partial charge in [0.2, 0.25) is 0 Å². The number of rotatable bonds is 5. The van der Waals surface area contributed by atoms with Crippen LogP contribution in [-0.4, -0.2) is 35.7 Å². The van der Waals surface area contributed by atoms with Crippen molar-refractivity contribution in [3.05, 3.63) is 58.8 Å². The molecule has 0 unspecified atom stereocenters. The summed E-state index contributed by atoms with van der Waals surface area (Å²) in [7, 11) is -2.05. The monoisotopic (exact) mass is 408 g/mol. The van der Waals surface area contributed by atoms with Gasteiger partial charge in [0.15, 0.2) is 15.7 Å². The first-order valence-corrected chi connectivity index (χ1v) is 9.34. The van der Waals surface area contributed by atoms with Gasteiger partial charge in [-0.15, -0.1) is 5.10 Å². The number of hydrogen-bond donors (Lipinski definition) is 0. The van der Waals surface area contributed by atoms with E-state index >= 15 is 0 Å². The van der Waals surface area contributed by atoms with E-state index < -0.39 is 9.84 Å². The van der Waals surface area contributed by atoms with Gasteiger partial charge in [0.25, 0.3) is 0 Å². The minimum atomic E-state index is -3.58. The van der Waals surface area contributed by atoms with Gasteiger partial charge in [-0.05, 0) is 59.0 Å². The van der Waals surface area contributed by atoms with E-state index in [-0.39, 0.29) is 16.5 Å². The van der Waals surface area contributed by atoms with Crippen LogP contribution in [0.1, 0.15) is 5.82 Å². The van der Waals surface area contributed by atoms with Gasteiger partial charge in [0.1, 0.15) is 11.5 Å². The van der Waals surface area contributed by atoms with Crippen LogP contribution in [0.5, 0.6) is 5.75 Å². The van der Waals surface area contributed by atoms with Gasteiger partial charge >= 0.3 is 0 Å². The summed E-state index contributed by atoms with van der Waals surface area (Å²) < 4.78 is 32.5. The first-order chi connectivity index (χ1) is 11.5. The third kappa shape index (κ3) is 3.46. The van der Waals surface area contributed by atoms with E-state index in [0.717, 1.165) is 4.47 Å². The molecule has 24 heavy (non-hydrogen) atoms. The van der Waals surface area contributed by atoms with Crippen molar-refractivity contribution in [2.45, 2.75) is 10.6 Å². The number of benzene rings is 2. The maximum Gasteiger partial charge on any atom is 0.185 e. The lowest BCUT2D eigenvalue weighted by Gasteiger charge is -2.07. The lowest BCUT2D eigenvalue weighted by Crippen LogP contribution is -2.11. The van der Waals surface area contributed by atoms with Crippen LogP contribution in [0.4, 0.5) is 0 Å². The van der Waals surface area contributed by atoms with E-state index in [1.165, 1.54) is 23.9 Å². The predicted molar refractivity (Wildman–Crippen MR) is 90.7 cm³/mol. The fraction of sp³-hybridized carbons (Fsp3) is 0.133. The van der Waals surface area contributed by atoms with E-state index in [1.807, 2.05) is 12.1 Å². The summed E-state index contributed by atoms with van der Waals surface area (Å²) in [6, 6.07) is 13.5. The van der Waals surface area contributed by atoms with Crippen LogP contribution in [0.15, 0.2) is 57.9 Å². The van der Waals surface area contributed by atoms with Gasteiger partial charge < -0.3 is 4.74 Å². The molecule has 2 aromatic carbocycles. The molecule has 124 valence electrons. The maximum absolute atomic E-state index is 12.6. The molecule has 0 aliphatic rings. The minimum Gasteiger partial charge on any atom is -0.497 e. The molecule has 0 saturated heterocycles. The average Bonchev–Trinajstić information content (AvgIpc) is 3.03. The van der Waals surface area contributed by atoms with E-state index in [9.17, 15) is 8.42 Å². The molecule has 1 aromatic heterocycles. The normalized spacial score (nSPS) is 11.4. The molecule has 0 atom stereocenters. The standard InChI is InChI=1S/C15H13BrN4O3S/c1-23-13-6-8-14(9-7-13)24(21,22)10-15-17-18-19-20(15)12-4-2-11(16)3-5-12/h2-9H,10H2,1H3. The highest BCUT2D eigenvalue weighted by atomic mass is 79.9. The number of sulfone groups is 1. The van der Waals surface area contributed by atoms with Gasteiger partial charge in [-0.3, -0.25) is 0 Å². The van der Waals surface area contributed by atoms with Crippen molar-refractivity contribution >= 4 is 25.8 Å². The molecule has 0 aliphatic heterocycles. The second kappa shape index (κ2) is 6.70. The molecule has 7 nitrogen and oxygen atoms in total. The van der Waals surface area contributed by atoms with Gasteiger partial charge in [0.05, 0.1) is 17.7 Å². The summed E-state index contributed by atoms with van der Waals surface area (Å²) in [5.41, 5.74) is 0.683. The zero-order chi connectivity index (χ0) is 17.2. The Balaban J connectivity index is 1.90. The lowest BCUT2D eigenvalue weighted by molar-refractivity contribution is 0.414. The molecule has 0 bridgehead atoms. The molecule has 0 saturated carbocycles. The lowest BCUT2D eigenvalue weighted by atomic mass is 10.3. The average molecular weight is 409 g/mol. The Hall–Kier alpha value is -2.26. The Morgan fingerprint density at radius 1 is 1.08 bits per heavy atom. The number of nitrogens with zero attached hydrogens (tertiary/aromatic N) is 4. The molecule has 0 spiro atoms. The van der Waals surface area contributed by atoms with Crippen molar-refractivity contribution in [1.82, 2.24) is 20.2 Å². The highest BCUT2D eigenvalue weighted by Gasteiger charge is 2.20. The Morgan fingerprint density at radius 2 is 1.75 bits per heavy atom. The van der Waals surface area contributed by atoms with Crippen LogP contribution < -0.4 is 4.74 Å². The van der Waals surface area contributed by atoms with Gasteiger partial charge in [-0.2, -0.15) is 4.68 Å². The summed E-state index contributed by atoms with van der Waals surface area (Å²) in [6.07, 6.45) is 0. The van der Waals surface area contributed by atoms with Crippen molar-refractivity contribution in [3.63, 3.8) is 0 Å². The summed E-state index contributed by atoms with van der Waals surface area (Å²) >= 11 is 3.35. The fourth-order valence-corrected chi connectivity index (χ4v) is 3.62. The van der Waals surface area contributed by atoms with Crippen LogP contribution in [0, 0.1) is 0 Å². The third-order valence-corrected chi connectivity index (χ3v) is 5.50. The van der Waals surface area contributed by atoms with E-state index in [0.29, 0.717) is 11.4 Å².